The van der Waals surface area contributed by atoms with Crippen molar-refractivity contribution in [3.63, 3.8) is 0 Å². The first-order chi connectivity index (χ1) is 29.5. The van der Waals surface area contributed by atoms with Gasteiger partial charge in [0.15, 0.2) is 11.6 Å². The number of alkyl halides is 2. The SMILES string of the molecule is CC(=O)C(N=Nc1ccc(Cl)c(C(=O)Nc2ccc(C(C)Cl)cc2)c1)C(=O)Nc1ccc(NC(=O)C(N=Nc2ccc(Cl)c(C(=O)Nc3ccc(C(C)Cl)cc3)c2)C(C)=O)cc1. The maximum Gasteiger partial charge on any atom is 0.258 e. The summed E-state index contributed by atoms with van der Waals surface area (Å²) >= 11 is 24.8. The Hall–Kier alpha value is -6.32. The minimum Gasteiger partial charge on any atom is -0.324 e. The molecule has 0 radical (unpaired) electrons. The number of anilines is 4. The van der Waals surface area contributed by atoms with Gasteiger partial charge in [-0.15, -0.1) is 23.2 Å². The Bertz CT molecular complexity index is 2370. The predicted molar refractivity (Wildman–Crippen MR) is 242 cm³/mol. The summed E-state index contributed by atoms with van der Waals surface area (Å²) in [5.74, 6) is -3.84. The summed E-state index contributed by atoms with van der Waals surface area (Å²) in [4.78, 5) is 77.2. The number of rotatable bonds is 16. The van der Waals surface area contributed by atoms with E-state index in [2.05, 4.69) is 41.7 Å². The Labute approximate surface area is 376 Å². The summed E-state index contributed by atoms with van der Waals surface area (Å²) in [6.45, 7) is 6.02. The number of azo groups is 2. The molecule has 318 valence electrons. The minimum absolute atomic E-state index is 0.0876. The average molecular weight is 917 g/mol. The van der Waals surface area contributed by atoms with E-state index >= 15 is 0 Å². The van der Waals surface area contributed by atoms with E-state index in [1.54, 1.807) is 48.5 Å². The fourth-order valence-electron chi connectivity index (χ4n) is 5.50. The summed E-state index contributed by atoms with van der Waals surface area (Å²) in [5, 5.41) is 26.5. The van der Waals surface area contributed by atoms with E-state index in [0.717, 1.165) is 11.1 Å². The first kappa shape index (κ1) is 46.7. The Balaban J connectivity index is 1.19. The van der Waals surface area contributed by atoms with Gasteiger partial charge in [-0.1, -0.05) is 47.5 Å². The molecule has 4 amide bonds. The molecular formula is C44H38Cl4N8O6. The molecule has 62 heavy (non-hydrogen) atoms. The molecule has 4 atom stereocenters. The molecule has 5 aromatic rings. The van der Waals surface area contributed by atoms with Crippen LogP contribution in [0.1, 0.15) is 70.3 Å². The molecule has 0 fully saturated rings. The molecule has 0 aromatic heterocycles. The molecule has 0 saturated heterocycles. The highest BCUT2D eigenvalue weighted by molar-refractivity contribution is 6.35. The first-order valence-corrected chi connectivity index (χ1v) is 20.4. The van der Waals surface area contributed by atoms with Crippen LogP contribution in [0.4, 0.5) is 34.1 Å². The van der Waals surface area contributed by atoms with Crippen molar-refractivity contribution in [1.29, 1.82) is 0 Å². The zero-order chi connectivity index (χ0) is 45.1. The summed E-state index contributed by atoms with van der Waals surface area (Å²) in [6.07, 6.45) is 0. The van der Waals surface area contributed by atoms with Gasteiger partial charge in [0.25, 0.3) is 23.6 Å². The minimum atomic E-state index is -1.55. The predicted octanol–water partition coefficient (Wildman–Crippen LogP) is 11.5. The van der Waals surface area contributed by atoms with Crippen molar-refractivity contribution in [2.24, 2.45) is 20.5 Å². The molecule has 5 aromatic carbocycles. The zero-order valence-electron chi connectivity index (χ0n) is 33.5. The number of ketones is 2. The number of benzene rings is 5. The molecular weight excluding hydrogens is 878 g/mol. The van der Waals surface area contributed by atoms with Crippen molar-refractivity contribution in [2.75, 3.05) is 21.3 Å². The van der Waals surface area contributed by atoms with Crippen LogP contribution in [-0.4, -0.2) is 47.3 Å². The highest BCUT2D eigenvalue weighted by Crippen LogP contribution is 2.28. The zero-order valence-corrected chi connectivity index (χ0v) is 36.5. The van der Waals surface area contributed by atoms with Crippen molar-refractivity contribution in [1.82, 2.24) is 0 Å². The Morgan fingerprint density at radius 1 is 0.468 bits per heavy atom. The van der Waals surface area contributed by atoms with Gasteiger partial charge in [0.2, 0.25) is 12.1 Å². The van der Waals surface area contributed by atoms with E-state index in [1.807, 2.05) is 13.8 Å². The summed E-state index contributed by atoms with van der Waals surface area (Å²) in [5.41, 5.74) is 3.79. The molecule has 4 N–H and O–H groups in total. The van der Waals surface area contributed by atoms with Gasteiger partial charge in [0.05, 0.1) is 43.3 Å². The van der Waals surface area contributed by atoms with E-state index in [4.69, 9.17) is 46.4 Å². The van der Waals surface area contributed by atoms with E-state index in [9.17, 15) is 28.8 Å². The standard InChI is InChI=1S/C44H38Cl4N8O6/c1-23(45)27-5-9-29(10-6-27)49-41(59)35-21-33(17-19-37(35)47)53-55-39(25(3)57)43(61)51-31-13-15-32(16-14-31)52-44(62)40(26(4)58)56-54-34-18-20-38(48)36(22-34)42(60)50-30-11-7-28(8-12-30)24(2)46/h5-24,39-40H,1-4H3,(H,49,59)(H,50,60)(H,51,61)(H,52,62). The fraction of sp³-hybridized carbons (Fsp3) is 0.182. The summed E-state index contributed by atoms with van der Waals surface area (Å²) in [7, 11) is 0. The van der Waals surface area contributed by atoms with Crippen molar-refractivity contribution in [3.05, 3.63) is 141 Å². The van der Waals surface area contributed by atoms with Gasteiger partial charge < -0.3 is 21.3 Å². The van der Waals surface area contributed by atoms with Crippen LogP contribution < -0.4 is 21.3 Å². The molecule has 0 bridgehead atoms. The van der Waals surface area contributed by atoms with Crippen molar-refractivity contribution in [2.45, 2.75) is 50.5 Å². The lowest BCUT2D eigenvalue weighted by atomic mass is 10.1. The average Bonchev–Trinajstić information content (AvgIpc) is 3.22. The maximum absolute atomic E-state index is 13.1. The van der Waals surface area contributed by atoms with Gasteiger partial charge in [-0.2, -0.15) is 20.5 Å². The number of carbonyl (C=O) groups is 6. The van der Waals surface area contributed by atoms with E-state index in [-0.39, 0.29) is 54.7 Å². The number of hydrogen-bond acceptors (Lipinski definition) is 10. The fourth-order valence-corrected chi connectivity index (χ4v) is 6.20. The molecule has 14 nitrogen and oxygen atoms in total. The highest BCUT2D eigenvalue weighted by Gasteiger charge is 2.25. The van der Waals surface area contributed by atoms with Crippen LogP contribution in [0.15, 0.2) is 130 Å². The molecule has 5 rings (SSSR count). The van der Waals surface area contributed by atoms with Crippen molar-refractivity contribution >= 4 is 116 Å². The second kappa shape index (κ2) is 21.5. The second-order valence-corrected chi connectivity index (χ2v) is 15.8. The normalized spacial score (nSPS) is 13.2. The van der Waals surface area contributed by atoms with Crippen molar-refractivity contribution < 1.29 is 28.8 Å². The van der Waals surface area contributed by atoms with Crippen LogP contribution in [0.5, 0.6) is 0 Å². The van der Waals surface area contributed by atoms with Crippen molar-refractivity contribution in [3.8, 4) is 0 Å². The van der Waals surface area contributed by atoms with E-state index in [0.29, 0.717) is 11.4 Å². The third-order valence-corrected chi connectivity index (χ3v) is 10.1. The third-order valence-electron chi connectivity index (χ3n) is 8.91. The smallest absolute Gasteiger partial charge is 0.258 e. The number of amides is 4. The van der Waals surface area contributed by atoms with Crippen LogP contribution >= 0.6 is 46.4 Å². The van der Waals surface area contributed by atoms with Gasteiger partial charge in [0.1, 0.15) is 0 Å². The summed E-state index contributed by atoms with van der Waals surface area (Å²) in [6, 6.07) is 25.3. The molecule has 0 saturated carbocycles. The highest BCUT2D eigenvalue weighted by atomic mass is 35.5. The Morgan fingerprint density at radius 2 is 0.774 bits per heavy atom. The van der Waals surface area contributed by atoms with Gasteiger partial charge in [-0.05, 0) is 124 Å². The lowest BCUT2D eigenvalue weighted by molar-refractivity contribution is -0.127. The van der Waals surface area contributed by atoms with E-state index < -0.39 is 47.3 Å². The lowest BCUT2D eigenvalue weighted by Gasteiger charge is -2.12. The van der Waals surface area contributed by atoms with Gasteiger partial charge in [-0.25, -0.2) is 0 Å². The van der Waals surface area contributed by atoms with E-state index in [1.165, 1.54) is 74.5 Å². The molecule has 18 heteroatoms. The number of nitrogens with one attached hydrogen (secondary N) is 4. The summed E-state index contributed by atoms with van der Waals surface area (Å²) < 4.78 is 0. The van der Waals surface area contributed by atoms with Crippen LogP contribution in [0.25, 0.3) is 0 Å². The van der Waals surface area contributed by atoms with Crippen LogP contribution in [-0.2, 0) is 19.2 Å². The van der Waals surface area contributed by atoms with Gasteiger partial charge in [-0.3, -0.25) is 28.8 Å². The number of carbonyl (C=O) groups excluding carboxylic acids is 6. The quantitative estimate of drug-likeness (QED) is 0.0431. The second-order valence-electron chi connectivity index (χ2n) is 13.7. The molecule has 0 spiro atoms. The van der Waals surface area contributed by atoms with Gasteiger partial charge >= 0.3 is 0 Å². The van der Waals surface area contributed by atoms with Crippen LogP contribution in [0, 0.1) is 0 Å². The third kappa shape index (κ3) is 12.8. The largest absolute Gasteiger partial charge is 0.324 e. The molecule has 0 aliphatic rings. The Morgan fingerprint density at radius 3 is 1.08 bits per heavy atom. The Kier molecular flexibility index (Phi) is 16.2. The van der Waals surface area contributed by atoms with Gasteiger partial charge in [0, 0.05) is 22.7 Å². The topological polar surface area (TPSA) is 200 Å². The molecule has 0 aliphatic carbocycles. The van der Waals surface area contributed by atoms with Crippen LogP contribution in [0.3, 0.4) is 0 Å². The lowest BCUT2D eigenvalue weighted by Crippen LogP contribution is -2.32. The monoisotopic (exact) mass is 914 g/mol. The number of hydrogen-bond donors (Lipinski definition) is 4. The van der Waals surface area contributed by atoms with Crippen LogP contribution in [0.2, 0.25) is 10.0 Å². The number of nitrogens with zero attached hydrogens (tertiary/aromatic N) is 4. The number of Topliss-reactive ketones (excluding diaryl/α,β-unsaturated/α-hetero) is 2. The maximum atomic E-state index is 13.1. The number of halogens is 4. The molecule has 0 aliphatic heterocycles. The molecule has 0 heterocycles. The molecule has 4 unspecified atom stereocenters. The first-order valence-electron chi connectivity index (χ1n) is 18.7.